The molecule has 0 fully saturated rings. The van der Waals surface area contributed by atoms with Crippen molar-refractivity contribution in [3.05, 3.63) is 62.1 Å². The summed E-state index contributed by atoms with van der Waals surface area (Å²) >= 11 is 12.9. The molecular weight excluding hydrogens is 476 g/mol. The Morgan fingerprint density at radius 2 is 1.69 bits per heavy atom. The second-order valence-corrected chi connectivity index (χ2v) is 10.1. The summed E-state index contributed by atoms with van der Waals surface area (Å²) in [5, 5.41) is 4.94. The van der Waals surface area contributed by atoms with Crippen LogP contribution in [0.4, 0.5) is 4.39 Å². The van der Waals surface area contributed by atoms with Crippen LogP contribution in [-0.4, -0.2) is 41.0 Å². The summed E-state index contributed by atoms with van der Waals surface area (Å²) in [5.41, 5.74) is 1.83. The van der Waals surface area contributed by atoms with E-state index < -0.39 is 35.0 Å². The third-order valence-electron chi connectivity index (χ3n) is 5.77. The highest BCUT2D eigenvalue weighted by molar-refractivity contribution is 7.85. The van der Waals surface area contributed by atoms with Crippen molar-refractivity contribution in [3.63, 3.8) is 0 Å². The highest BCUT2D eigenvalue weighted by Crippen LogP contribution is 2.41. The third kappa shape index (κ3) is 4.18. The lowest BCUT2D eigenvalue weighted by Gasteiger charge is -2.29. The third-order valence-corrected chi connectivity index (χ3v) is 8.45. The minimum Gasteiger partial charge on any atom is -0.468 e. The molecule has 0 aliphatic carbocycles. The van der Waals surface area contributed by atoms with Crippen LogP contribution in [0.15, 0.2) is 34.3 Å². The van der Waals surface area contributed by atoms with Crippen molar-refractivity contribution in [2.24, 2.45) is 11.1 Å². The molecule has 0 N–H and O–H groups in total. The predicted molar refractivity (Wildman–Crippen MR) is 125 cm³/mol. The maximum atomic E-state index is 14.6. The maximum absolute atomic E-state index is 14.6. The minimum atomic E-state index is -1.79. The van der Waals surface area contributed by atoms with Gasteiger partial charge in [-0.25, -0.2) is 4.39 Å². The van der Waals surface area contributed by atoms with Crippen molar-refractivity contribution in [3.8, 4) is 0 Å². The van der Waals surface area contributed by atoms with Gasteiger partial charge < -0.3 is 9.57 Å². The lowest BCUT2D eigenvalue weighted by Crippen LogP contribution is -2.50. The van der Waals surface area contributed by atoms with Gasteiger partial charge in [-0.2, -0.15) is 0 Å². The molecule has 5 nitrogen and oxygen atoms in total. The number of benzene rings is 2. The number of aryl methyl sites for hydroxylation is 1. The van der Waals surface area contributed by atoms with Crippen LogP contribution in [0.5, 0.6) is 0 Å². The maximum Gasteiger partial charge on any atom is 0.319 e. The smallest absolute Gasteiger partial charge is 0.319 e. The van der Waals surface area contributed by atoms with Gasteiger partial charge in [-0.3, -0.25) is 9.00 Å². The van der Waals surface area contributed by atoms with Crippen LogP contribution < -0.4 is 0 Å². The van der Waals surface area contributed by atoms with Crippen molar-refractivity contribution in [2.45, 2.75) is 38.2 Å². The molecule has 1 heterocycles. The molecule has 0 radical (unpaired) electrons. The molecule has 9 heteroatoms. The van der Waals surface area contributed by atoms with Gasteiger partial charge in [0.2, 0.25) is 0 Å². The lowest BCUT2D eigenvalue weighted by molar-refractivity contribution is -0.151. The van der Waals surface area contributed by atoms with Gasteiger partial charge >= 0.3 is 5.97 Å². The second-order valence-electron chi connectivity index (χ2n) is 7.90. The molecule has 32 heavy (non-hydrogen) atoms. The van der Waals surface area contributed by atoms with Crippen LogP contribution in [0.3, 0.4) is 0 Å². The summed E-state index contributed by atoms with van der Waals surface area (Å²) < 4.78 is 32.6. The van der Waals surface area contributed by atoms with Gasteiger partial charge in [-0.1, -0.05) is 46.1 Å². The SMILES string of the molecule is COC(=O)[C@H]1C(c2c(C)c(Cl)c(C)c(Cl)c2C)=NO[C@]1(CF)CS(=O)c1ccc(C)cc1. The first-order valence-corrected chi connectivity index (χ1v) is 12.0. The number of rotatable bonds is 6. The highest BCUT2D eigenvalue weighted by Gasteiger charge is 2.56. The Morgan fingerprint density at radius 3 is 2.19 bits per heavy atom. The summed E-state index contributed by atoms with van der Waals surface area (Å²) in [5.74, 6) is -2.28. The van der Waals surface area contributed by atoms with Crippen LogP contribution in [0, 0.1) is 33.6 Å². The van der Waals surface area contributed by atoms with Crippen LogP contribution in [0.1, 0.15) is 27.8 Å². The fraction of sp³-hybridized carbons (Fsp3) is 0.391. The Kier molecular flexibility index (Phi) is 7.32. The lowest BCUT2D eigenvalue weighted by atomic mass is 9.81. The van der Waals surface area contributed by atoms with E-state index in [0.29, 0.717) is 37.2 Å². The number of nitrogens with zero attached hydrogens (tertiary/aromatic N) is 1. The zero-order chi connectivity index (χ0) is 23.8. The number of methoxy groups -OCH3 is 1. The molecule has 0 saturated carbocycles. The molecule has 172 valence electrons. The predicted octanol–water partition coefficient (Wildman–Crippen LogP) is 5.27. The summed E-state index contributed by atoms with van der Waals surface area (Å²) in [4.78, 5) is 18.9. The number of esters is 1. The van der Waals surface area contributed by atoms with E-state index in [0.717, 1.165) is 5.56 Å². The molecule has 0 aromatic heterocycles. The van der Waals surface area contributed by atoms with Crippen molar-refractivity contribution >= 4 is 45.7 Å². The van der Waals surface area contributed by atoms with Crippen molar-refractivity contribution in [1.29, 1.82) is 0 Å². The zero-order valence-corrected chi connectivity index (χ0v) is 20.8. The van der Waals surface area contributed by atoms with E-state index in [2.05, 4.69) is 5.16 Å². The average molecular weight is 500 g/mol. The summed E-state index contributed by atoms with van der Waals surface area (Å²) in [6.07, 6.45) is 0. The monoisotopic (exact) mass is 499 g/mol. The first kappa shape index (κ1) is 24.7. The van der Waals surface area contributed by atoms with Crippen LogP contribution in [-0.2, 0) is 25.2 Å². The Balaban J connectivity index is 2.09. The molecule has 0 amide bonds. The van der Waals surface area contributed by atoms with E-state index in [1.165, 1.54) is 7.11 Å². The number of oxime groups is 1. The van der Waals surface area contributed by atoms with Crippen LogP contribution in [0.25, 0.3) is 0 Å². The molecule has 3 atom stereocenters. The van der Waals surface area contributed by atoms with Crippen LogP contribution in [0.2, 0.25) is 10.0 Å². The second kappa shape index (κ2) is 9.49. The minimum absolute atomic E-state index is 0.161. The number of hydrogen-bond acceptors (Lipinski definition) is 5. The number of carbonyl (C=O) groups is 1. The largest absolute Gasteiger partial charge is 0.468 e. The van der Waals surface area contributed by atoms with Gasteiger partial charge in [0.15, 0.2) is 5.60 Å². The average Bonchev–Trinajstić information content (AvgIpc) is 3.15. The first-order chi connectivity index (χ1) is 15.1. The Bertz CT molecular complexity index is 1090. The molecule has 1 aliphatic rings. The molecule has 3 rings (SSSR count). The van der Waals surface area contributed by atoms with E-state index >= 15 is 0 Å². The van der Waals surface area contributed by atoms with Crippen molar-refractivity contribution < 1.29 is 23.0 Å². The highest BCUT2D eigenvalue weighted by atomic mass is 35.5. The first-order valence-electron chi connectivity index (χ1n) is 9.88. The molecular formula is C23H24Cl2FNO4S. The molecule has 1 unspecified atom stereocenters. The van der Waals surface area contributed by atoms with E-state index in [1.54, 1.807) is 32.9 Å². The fourth-order valence-corrected chi connectivity index (χ4v) is 5.69. The van der Waals surface area contributed by atoms with E-state index in [-0.39, 0.29) is 11.5 Å². The summed E-state index contributed by atoms with van der Waals surface area (Å²) in [6.45, 7) is 6.14. The Labute approximate surface area is 199 Å². The topological polar surface area (TPSA) is 65.0 Å². The van der Waals surface area contributed by atoms with Gasteiger partial charge in [0, 0.05) is 20.5 Å². The van der Waals surface area contributed by atoms with E-state index in [9.17, 15) is 13.4 Å². The fourth-order valence-electron chi connectivity index (χ4n) is 3.92. The Hall–Kier alpha value is -1.96. The van der Waals surface area contributed by atoms with Gasteiger partial charge in [-0.05, 0) is 56.5 Å². The molecule has 2 aromatic rings. The molecule has 0 saturated heterocycles. The number of hydrogen-bond donors (Lipinski definition) is 0. The van der Waals surface area contributed by atoms with Crippen molar-refractivity contribution in [1.82, 2.24) is 0 Å². The van der Waals surface area contributed by atoms with E-state index in [1.807, 2.05) is 19.1 Å². The molecule has 1 aliphatic heterocycles. The normalized spacial score (nSPS) is 21.1. The van der Waals surface area contributed by atoms with Gasteiger partial charge in [0.05, 0.1) is 23.7 Å². The standard InChI is InChI=1S/C23H24Cl2FNO4S/c1-12-6-8-16(9-7-12)32(29)11-23(10-26)18(22(28)30-5)21(27-31-23)17-13(2)19(24)15(4)20(25)14(17)3/h6-9,18H,10-11H2,1-5H3/t18-,23-,32?/m1/s1. The number of alkyl halides is 1. The number of carbonyl (C=O) groups excluding carboxylic acids is 1. The van der Waals surface area contributed by atoms with Gasteiger partial charge in [0.25, 0.3) is 0 Å². The van der Waals surface area contributed by atoms with Gasteiger partial charge in [0.1, 0.15) is 18.3 Å². The Morgan fingerprint density at radius 1 is 1.12 bits per heavy atom. The summed E-state index contributed by atoms with van der Waals surface area (Å²) in [6, 6.07) is 7.03. The van der Waals surface area contributed by atoms with Gasteiger partial charge in [-0.15, -0.1) is 0 Å². The van der Waals surface area contributed by atoms with Crippen LogP contribution >= 0.6 is 23.2 Å². The quantitative estimate of drug-likeness (QED) is 0.508. The number of halogens is 3. The van der Waals surface area contributed by atoms with E-state index in [4.69, 9.17) is 32.8 Å². The molecule has 2 aromatic carbocycles. The van der Waals surface area contributed by atoms with Crippen molar-refractivity contribution in [2.75, 3.05) is 19.5 Å². The molecule has 0 spiro atoms. The molecule has 0 bridgehead atoms. The summed E-state index contributed by atoms with van der Waals surface area (Å²) in [7, 11) is -0.451. The zero-order valence-electron chi connectivity index (χ0n) is 18.4. The number of ether oxygens (including phenoxy) is 1.